The Bertz CT molecular complexity index is 1240. The van der Waals surface area contributed by atoms with E-state index in [2.05, 4.69) is 10.6 Å². The highest BCUT2D eigenvalue weighted by Crippen LogP contribution is 2.30. The Morgan fingerprint density at radius 2 is 1.81 bits per heavy atom. The average molecular weight is 508 g/mol. The molecule has 192 valence electrons. The van der Waals surface area contributed by atoms with Gasteiger partial charge in [0, 0.05) is 19.6 Å². The van der Waals surface area contributed by atoms with Crippen LogP contribution in [-0.2, 0) is 20.8 Å². The summed E-state index contributed by atoms with van der Waals surface area (Å²) in [5, 5.41) is 25.0. The fourth-order valence-corrected chi connectivity index (χ4v) is 4.30. The predicted molar refractivity (Wildman–Crippen MR) is 129 cm³/mol. The number of aromatic carboxylic acids is 1. The van der Waals surface area contributed by atoms with Crippen molar-refractivity contribution in [2.45, 2.75) is 25.3 Å². The molecule has 2 atom stereocenters. The van der Waals surface area contributed by atoms with Crippen LogP contribution in [0, 0.1) is 0 Å². The number of fused-ring (bicyclic) bond motifs is 1. The molecule has 0 aliphatic carbocycles. The van der Waals surface area contributed by atoms with Crippen molar-refractivity contribution < 1.29 is 38.8 Å². The molecular weight excluding hydrogens is 483 g/mol. The zero-order valence-electron chi connectivity index (χ0n) is 19.9. The normalized spacial score (nSPS) is 18.0. The topological polar surface area (TPSA) is 166 Å². The number of amides is 5. The minimum absolute atomic E-state index is 0.0226. The molecule has 13 heteroatoms. The van der Waals surface area contributed by atoms with E-state index in [9.17, 15) is 34.1 Å². The molecule has 0 radical (unpaired) electrons. The fourth-order valence-electron chi connectivity index (χ4n) is 4.30. The summed E-state index contributed by atoms with van der Waals surface area (Å²) in [6.07, 6.45) is 0.0742. The molecule has 5 amide bonds. The van der Waals surface area contributed by atoms with Gasteiger partial charge in [-0.1, -0.05) is 42.5 Å². The molecule has 0 bridgehead atoms. The molecule has 2 unspecified atom stereocenters. The lowest BCUT2D eigenvalue weighted by Crippen LogP contribution is -2.60. The number of nitrogens with zero attached hydrogens (tertiary/aromatic N) is 2. The van der Waals surface area contributed by atoms with Gasteiger partial charge in [0.1, 0.15) is 11.8 Å². The van der Waals surface area contributed by atoms with Crippen LogP contribution in [-0.4, -0.2) is 82.3 Å². The third-order valence-corrected chi connectivity index (χ3v) is 6.28. The molecular formula is C24H25BN4O8. The quantitative estimate of drug-likeness (QED) is 0.312. The summed E-state index contributed by atoms with van der Waals surface area (Å²) in [6.45, 7) is 2.21. The summed E-state index contributed by atoms with van der Waals surface area (Å²) in [7, 11) is -1.55. The molecule has 0 saturated carbocycles. The van der Waals surface area contributed by atoms with Gasteiger partial charge in [-0.25, -0.2) is 9.59 Å². The first-order valence-electron chi connectivity index (χ1n) is 11.7. The summed E-state index contributed by atoms with van der Waals surface area (Å²) < 4.78 is 5.42. The van der Waals surface area contributed by atoms with Gasteiger partial charge in [-0.05, 0) is 30.5 Å². The zero-order valence-corrected chi connectivity index (χ0v) is 19.9. The second-order valence-electron chi connectivity index (χ2n) is 8.56. The Balaban J connectivity index is 1.52. The first-order chi connectivity index (χ1) is 17.7. The zero-order chi connectivity index (χ0) is 26.7. The van der Waals surface area contributed by atoms with Crippen LogP contribution in [0.5, 0.6) is 5.75 Å². The Kier molecular flexibility index (Phi) is 7.43. The van der Waals surface area contributed by atoms with Crippen LogP contribution in [0.25, 0.3) is 0 Å². The maximum Gasteiger partial charge on any atom is 0.547 e. The summed E-state index contributed by atoms with van der Waals surface area (Å²) in [5.74, 6) is -4.63. The van der Waals surface area contributed by atoms with Gasteiger partial charge < -0.3 is 30.3 Å². The van der Waals surface area contributed by atoms with Gasteiger partial charge in [0.25, 0.3) is 0 Å². The molecule has 0 spiro atoms. The van der Waals surface area contributed by atoms with Gasteiger partial charge in [0.2, 0.25) is 5.91 Å². The van der Waals surface area contributed by atoms with Crippen LogP contribution < -0.4 is 15.3 Å². The van der Waals surface area contributed by atoms with E-state index < -0.39 is 48.8 Å². The van der Waals surface area contributed by atoms with Crippen molar-refractivity contribution in [1.82, 2.24) is 20.4 Å². The number of carboxylic acid groups (broad SMARTS) is 1. The number of rotatable bonds is 6. The third kappa shape index (κ3) is 5.26. The number of urea groups is 1. The number of carboxylic acids is 1. The Labute approximate surface area is 212 Å². The van der Waals surface area contributed by atoms with Crippen LogP contribution in [0.1, 0.15) is 34.5 Å². The maximum absolute atomic E-state index is 13.3. The lowest BCUT2D eigenvalue weighted by molar-refractivity contribution is -0.153. The van der Waals surface area contributed by atoms with E-state index in [0.29, 0.717) is 17.7 Å². The van der Waals surface area contributed by atoms with Crippen LogP contribution in [0.15, 0.2) is 48.5 Å². The van der Waals surface area contributed by atoms with E-state index in [4.69, 9.17) is 4.65 Å². The molecule has 4 N–H and O–H groups in total. The molecule has 1 fully saturated rings. The van der Waals surface area contributed by atoms with E-state index in [-0.39, 0.29) is 30.8 Å². The summed E-state index contributed by atoms with van der Waals surface area (Å²) in [4.78, 5) is 64.6. The van der Waals surface area contributed by atoms with Crippen molar-refractivity contribution in [3.63, 3.8) is 0 Å². The summed E-state index contributed by atoms with van der Waals surface area (Å²) >= 11 is 0. The standard InChI is InChI=1S/C24H25BN4O8/c1-2-28-11-12-29(22(32)21(28)31)24(35)27-18(14-7-4-3-5-8-14)20(30)26-17-13-15-9-6-10-16(23(33)34)19(15)37-25(17)36/h3-10,17-18,36H,2,11-13H2,1H3,(H,26,30)(H,27,35)(H,33,34). The molecule has 12 nitrogen and oxygen atoms in total. The van der Waals surface area contributed by atoms with Crippen molar-refractivity contribution in [1.29, 1.82) is 0 Å². The molecule has 2 aromatic rings. The molecule has 0 aromatic heterocycles. The second kappa shape index (κ2) is 10.7. The van der Waals surface area contributed by atoms with Crippen LogP contribution >= 0.6 is 0 Å². The number of hydrogen-bond donors (Lipinski definition) is 4. The van der Waals surface area contributed by atoms with E-state index in [0.717, 1.165) is 4.90 Å². The minimum atomic E-state index is -1.55. The smallest absolute Gasteiger partial charge is 0.534 e. The molecule has 2 aromatic carbocycles. The molecule has 2 heterocycles. The first kappa shape index (κ1) is 25.7. The minimum Gasteiger partial charge on any atom is -0.534 e. The van der Waals surface area contributed by atoms with Crippen molar-refractivity contribution in [2.24, 2.45) is 0 Å². The Morgan fingerprint density at radius 1 is 1.08 bits per heavy atom. The maximum atomic E-state index is 13.3. The van der Waals surface area contributed by atoms with Crippen LogP contribution in [0.2, 0.25) is 0 Å². The van der Waals surface area contributed by atoms with Crippen molar-refractivity contribution in [2.75, 3.05) is 19.6 Å². The van der Waals surface area contributed by atoms with E-state index in [1.807, 2.05) is 0 Å². The van der Waals surface area contributed by atoms with Crippen molar-refractivity contribution >= 4 is 36.8 Å². The number of nitrogens with one attached hydrogen (secondary N) is 2. The lowest BCUT2D eigenvalue weighted by atomic mass is 9.72. The number of carbonyl (C=O) groups excluding carboxylic acids is 4. The van der Waals surface area contributed by atoms with Gasteiger partial charge in [0.05, 0.1) is 11.5 Å². The second-order valence-corrected chi connectivity index (χ2v) is 8.56. The number of likely N-dealkylation sites (N-methyl/N-ethyl adjacent to an activating group) is 1. The van der Waals surface area contributed by atoms with E-state index in [1.165, 1.54) is 17.0 Å². The SMILES string of the molecule is CCN1CCN(C(=O)NC(C(=O)NC2Cc3cccc(C(=O)O)c3OB2O)c2ccccc2)C(=O)C1=O. The molecule has 2 aliphatic rings. The summed E-state index contributed by atoms with van der Waals surface area (Å²) in [6, 6.07) is 10.6. The average Bonchev–Trinajstić information content (AvgIpc) is 2.89. The van der Waals surface area contributed by atoms with Gasteiger partial charge in [-0.15, -0.1) is 0 Å². The highest BCUT2D eigenvalue weighted by atomic mass is 16.5. The lowest BCUT2D eigenvalue weighted by Gasteiger charge is -2.33. The van der Waals surface area contributed by atoms with Gasteiger partial charge in [-0.2, -0.15) is 0 Å². The number of para-hydroxylation sites is 1. The molecule has 1 saturated heterocycles. The Hall–Kier alpha value is -4.39. The number of piperazine rings is 1. The van der Waals surface area contributed by atoms with E-state index >= 15 is 0 Å². The highest BCUT2D eigenvalue weighted by Gasteiger charge is 2.40. The fraction of sp³-hybridized carbons (Fsp3) is 0.292. The largest absolute Gasteiger partial charge is 0.547 e. The first-order valence-corrected chi connectivity index (χ1v) is 11.7. The number of carbonyl (C=O) groups is 5. The third-order valence-electron chi connectivity index (χ3n) is 6.28. The number of hydrogen-bond acceptors (Lipinski definition) is 7. The van der Waals surface area contributed by atoms with Crippen molar-refractivity contribution in [3.05, 3.63) is 65.2 Å². The van der Waals surface area contributed by atoms with Gasteiger partial charge in [0.15, 0.2) is 0 Å². The van der Waals surface area contributed by atoms with Crippen LogP contribution in [0.3, 0.4) is 0 Å². The predicted octanol–water partition coefficient (Wildman–Crippen LogP) is -0.0342. The van der Waals surface area contributed by atoms with Crippen molar-refractivity contribution in [3.8, 4) is 5.75 Å². The summed E-state index contributed by atoms with van der Waals surface area (Å²) in [5.41, 5.74) is 0.769. The number of imide groups is 1. The Morgan fingerprint density at radius 3 is 2.49 bits per heavy atom. The monoisotopic (exact) mass is 508 g/mol. The molecule has 4 rings (SSSR count). The number of benzene rings is 2. The molecule has 37 heavy (non-hydrogen) atoms. The molecule has 2 aliphatic heterocycles. The highest BCUT2D eigenvalue weighted by molar-refractivity contribution is 6.47. The van der Waals surface area contributed by atoms with Crippen LogP contribution in [0.4, 0.5) is 4.79 Å². The van der Waals surface area contributed by atoms with Gasteiger partial charge in [-0.3, -0.25) is 19.3 Å². The van der Waals surface area contributed by atoms with Gasteiger partial charge >= 0.3 is 30.9 Å². The van der Waals surface area contributed by atoms with E-state index in [1.54, 1.807) is 43.3 Å².